The maximum Gasteiger partial charge on any atom is 0.268 e. The molecule has 0 rings (SSSR count). The van der Waals surface area contributed by atoms with Gasteiger partial charge in [0.25, 0.3) is 5.91 Å². The highest BCUT2D eigenvalue weighted by Crippen LogP contribution is 2.08. The van der Waals surface area contributed by atoms with Crippen molar-refractivity contribution in [2.45, 2.75) is 39.8 Å². The monoisotopic (exact) mass is 330 g/mol. The fourth-order valence-electron chi connectivity index (χ4n) is 1.40. The van der Waals surface area contributed by atoms with Crippen molar-refractivity contribution >= 4 is 5.91 Å². The zero-order valence-electron chi connectivity index (χ0n) is 14.5. The minimum absolute atomic E-state index is 0.0866. The van der Waals surface area contributed by atoms with Crippen molar-refractivity contribution in [1.29, 1.82) is 0 Å². The fourth-order valence-corrected chi connectivity index (χ4v) is 1.40. The van der Waals surface area contributed by atoms with Gasteiger partial charge in [-0.1, -0.05) is 13.8 Å². The van der Waals surface area contributed by atoms with E-state index in [9.17, 15) is 9.18 Å². The van der Waals surface area contributed by atoms with E-state index in [1.165, 1.54) is 13.2 Å². The first-order chi connectivity index (χ1) is 10.8. The number of nitrogens with two attached hydrogens (primary N) is 4. The summed E-state index contributed by atoms with van der Waals surface area (Å²) in [6, 6.07) is 0. The molecule has 0 spiro atoms. The molecular formula is C15H31FN6O. The molecular weight excluding hydrogens is 299 g/mol. The molecule has 7 nitrogen and oxygen atoms in total. The largest absolute Gasteiger partial charge is 0.402 e. The van der Waals surface area contributed by atoms with Gasteiger partial charge in [-0.05, 0) is 31.9 Å². The lowest BCUT2D eigenvalue weighted by Crippen LogP contribution is -2.35. The van der Waals surface area contributed by atoms with Crippen LogP contribution in [0.2, 0.25) is 0 Å². The van der Waals surface area contributed by atoms with E-state index in [2.05, 4.69) is 5.32 Å². The molecule has 0 fully saturated rings. The van der Waals surface area contributed by atoms with Gasteiger partial charge in [0.1, 0.15) is 11.9 Å². The standard InChI is InChI=1S/C13H25FN6O.C2H6/c1-9(15)3-5-11(16)6-4-10(14)7-20(18)8-12(17)13(21)19-2;1-2/h3,5,8,10H,4,6-7,15-18H2,1-2H3,(H,19,21);1-2H3/b9-3-,11-5-,12-8-;. The summed E-state index contributed by atoms with van der Waals surface area (Å²) in [5.74, 6) is 5.08. The molecule has 0 aliphatic heterocycles. The molecule has 0 aromatic rings. The summed E-state index contributed by atoms with van der Waals surface area (Å²) in [7, 11) is 1.44. The number of nitrogens with one attached hydrogen (secondary N) is 1. The van der Waals surface area contributed by atoms with E-state index in [1.807, 2.05) is 13.8 Å². The van der Waals surface area contributed by atoms with Crippen LogP contribution in [0.5, 0.6) is 0 Å². The molecule has 0 radical (unpaired) electrons. The van der Waals surface area contributed by atoms with Gasteiger partial charge in [0.05, 0.1) is 6.54 Å². The molecule has 0 aliphatic carbocycles. The van der Waals surface area contributed by atoms with Gasteiger partial charge < -0.3 is 27.5 Å². The van der Waals surface area contributed by atoms with Gasteiger partial charge in [-0.25, -0.2) is 10.2 Å². The second-order valence-electron chi connectivity index (χ2n) is 4.65. The Morgan fingerprint density at radius 1 is 1.26 bits per heavy atom. The van der Waals surface area contributed by atoms with E-state index in [1.54, 1.807) is 19.1 Å². The molecule has 9 N–H and O–H groups in total. The summed E-state index contributed by atoms with van der Waals surface area (Å²) in [6.45, 7) is 5.65. The van der Waals surface area contributed by atoms with E-state index in [0.717, 1.165) is 5.01 Å². The molecule has 0 saturated carbocycles. The van der Waals surface area contributed by atoms with Gasteiger partial charge in [0, 0.05) is 24.6 Å². The van der Waals surface area contributed by atoms with Crippen molar-refractivity contribution in [2.75, 3.05) is 13.6 Å². The van der Waals surface area contributed by atoms with E-state index in [0.29, 0.717) is 17.8 Å². The van der Waals surface area contributed by atoms with Gasteiger partial charge in [-0.3, -0.25) is 4.79 Å². The van der Waals surface area contributed by atoms with Crippen molar-refractivity contribution in [1.82, 2.24) is 10.3 Å². The molecule has 134 valence electrons. The molecule has 1 unspecified atom stereocenters. The number of amides is 1. The number of allylic oxidation sites excluding steroid dienone is 4. The van der Waals surface area contributed by atoms with Crippen LogP contribution in [0, 0.1) is 0 Å². The van der Waals surface area contributed by atoms with Crippen molar-refractivity contribution < 1.29 is 9.18 Å². The van der Waals surface area contributed by atoms with Gasteiger partial charge in [-0.15, -0.1) is 0 Å². The Balaban J connectivity index is 0. The Labute approximate surface area is 138 Å². The predicted octanol–water partition coefficient (Wildman–Crippen LogP) is 0.558. The Morgan fingerprint density at radius 3 is 2.30 bits per heavy atom. The summed E-state index contributed by atoms with van der Waals surface area (Å²) in [4.78, 5) is 11.2. The molecule has 0 heterocycles. The molecule has 23 heavy (non-hydrogen) atoms. The van der Waals surface area contributed by atoms with Crippen molar-refractivity contribution in [3.63, 3.8) is 0 Å². The number of nitrogens with zero attached hydrogens (tertiary/aromatic N) is 1. The van der Waals surface area contributed by atoms with Crippen molar-refractivity contribution in [3.8, 4) is 0 Å². The lowest BCUT2D eigenvalue weighted by atomic mass is 10.1. The molecule has 0 aromatic carbocycles. The Hall–Kier alpha value is -2.22. The fraction of sp³-hybridized carbons (Fsp3) is 0.533. The number of hydrogen-bond acceptors (Lipinski definition) is 6. The molecule has 1 amide bonds. The summed E-state index contributed by atoms with van der Waals surface area (Å²) in [6.07, 6.45) is 3.88. The van der Waals surface area contributed by atoms with Gasteiger partial charge in [0.15, 0.2) is 0 Å². The smallest absolute Gasteiger partial charge is 0.268 e. The number of halogens is 1. The highest BCUT2D eigenvalue weighted by Gasteiger charge is 2.11. The second-order valence-corrected chi connectivity index (χ2v) is 4.65. The number of rotatable bonds is 8. The van der Waals surface area contributed by atoms with Crippen LogP contribution in [0.15, 0.2) is 35.4 Å². The summed E-state index contributed by atoms with van der Waals surface area (Å²) >= 11 is 0. The minimum atomic E-state index is -1.20. The van der Waals surface area contributed by atoms with E-state index >= 15 is 0 Å². The topological polar surface area (TPSA) is 136 Å². The van der Waals surface area contributed by atoms with Crippen LogP contribution >= 0.6 is 0 Å². The Kier molecular flexibility index (Phi) is 13.5. The first-order valence-corrected chi connectivity index (χ1v) is 7.49. The summed E-state index contributed by atoms with van der Waals surface area (Å²) in [5, 5.41) is 3.38. The third kappa shape index (κ3) is 13.2. The van der Waals surface area contributed by atoms with Crippen LogP contribution in [0.1, 0.15) is 33.6 Å². The number of likely N-dealkylation sites (N-methyl/N-ethyl adjacent to an activating group) is 1. The molecule has 0 aromatic heterocycles. The van der Waals surface area contributed by atoms with E-state index < -0.39 is 12.1 Å². The highest BCUT2D eigenvalue weighted by atomic mass is 19.1. The van der Waals surface area contributed by atoms with E-state index in [-0.39, 0.29) is 18.7 Å². The van der Waals surface area contributed by atoms with Gasteiger partial charge in [0.2, 0.25) is 0 Å². The third-order valence-corrected chi connectivity index (χ3v) is 2.51. The minimum Gasteiger partial charge on any atom is -0.402 e. The average molecular weight is 330 g/mol. The zero-order chi connectivity index (χ0) is 18.4. The second kappa shape index (κ2) is 13.4. The maximum absolute atomic E-state index is 13.7. The molecule has 8 heteroatoms. The van der Waals surface area contributed by atoms with Crippen LogP contribution in [0.25, 0.3) is 0 Å². The van der Waals surface area contributed by atoms with Crippen LogP contribution in [0.3, 0.4) is 0 Å². The number of alkyl halides is 1. The number of carbonyl (C=O) groups is 1. The van der Waals surface area contributed by atoms with Crippen molar-refractivity contribution in [3.05, 3.63) is 35.4 Å². The Bertz CT molecular complexity index is 430. The number of hydrazine groups is 1. The zero-order valence-corrected chi connectivity index (χ0v) is 14.5. The summed E-state index contributed by atoms with van der Waals surface area (Å²) < 4.78 is 13.7. The molecule has 0 saturated heterocycles. The van der Waals surface area contributed by atoms with Gasteiger partial charge in [-0.2, -0.15) is 0 Å². The van der Waals surface area contributed by atoms with Crippen molar-refractivity contribution in [2.24, 2.45) is 23.0 Å². The quantitative estimate of drug-likeness (QED) is 0.191. The van der Waals surface area contributed by atoms with Crippen LogP contribution in [-0.4, -0.2) is 30.7 Å². The first-order valence-electron chi connectivity index (χ1n) is 7.49. The number of hydrogen-bond donors (Lipinski definition) is 5. The normalized spacial score (nSPS) is 13.7. The van der Waals surface area contributed by atoms with Gasteiger partial charge >= 0.3 is 0 Å². The third-order valence-electron chi connectivity index (χ3n) is 2.51. The predicted molar refractivity (Wildman–Crippen MR) is 92.9 cm³/mol. The van der Waals surface area contributed by atoms with Crippen LogP contribution in [-0.2, 0) is 4.79 Å². The lowest BCUT2D eigenvalue weighted by molar-refractivity contribution is -0.117. The Morgan fingerprint density at radius 2 is 1.83 bits per heavy atom. The van der Waals surface area contributed by atoms with Crippen LogP contribution < -0.4 is 28.4 Å². The first kappa shape index (κ1) is 23.1. The summed E-state index contributed by atoms with van der Waals surface area (Å²) in [5.41, 5.74) is 17.7. The number of carbonyl (C=O) groups excluding carboxylic acids is 1. The van der Waals surface area contributed by atoms with Crippen LogP contribution in [0.4, 0.5) is 4.39 Å². The molecule has 1 atom stereocenters. The SMILES string of the molecule is CC.CNC(=O)/C(N)=C/N(N)CC(F)CC/C(N)=C/C=C(/C)N. The molecule has 0 aliphatic rings. The average Bonchev–Trinajstić information content (AvgIpc) is 2.51. The lowest BCUT2D eigenvalue weighted by Gasteiger charge is -2.17. The van der Waals surface area contributed by atoms with E-state index in [4.69, 9.17) is 23.0 Å². The molecule has 0 bridgehead atoms. The highest BCUT2D eigenvalue weighted by molar-refractivity contribution is 5.91. The maximum atomic E-state index is 13.7.